The molecule has 0 spiro atoms. The highest BCUT2D eigenvalue weighted by Crippen LogP contribution is 2.10. The molecule has 13 heavy (non-hydrogen) atoms. The Balaban J connectivity index is 0.000000671. The van der Waals surface area contributed by atoms with Crippen LogP contribution in [0.2, 0.25) is 0 Å². The van der Waals surface area contributed by atoms with E-state index in [1.807, 2.05) is 45.0 Å². The van der Waals surface area contributed by atoms with Gasteiger partial charge in [0.1, 0.15) is 6.29 Å². The molecule has 0 atom stereocenters. The number of hydrogen-bond acceptors (Lipinski definition) is 1. The van der Waals surface area contributed by atoms with Crippen LogP contribution in [0.1, 0.15) is 25.0 Å². The maximum atomic E-state index is 10.3. The van der Waals surface area contributed by atoms with Gasteiger partial charge in [0.15, 0.2) is 0 Å². The number of carbonyl (C=O) groups is 1. The Labute approximate surface area is 80.1 Å². The van der Waals surface area contributed by atoms with Gasteiger partial charge in [0, 0.05) is 5.57 Å². The van der Waals surface area contributed by atoms with Crippen LogP contribution in [0.3, 0.4) is 0 Å². The fraction of sp³-hybridized carbons (Fsp3) is 0.250. The first-order chi connectivity index (χ1) is 6.24. The summed E-state index contributed by atoms with van der Waals surface area (Å²) in [7, 11) is 0. The lowest BCUT2D eigenvalue weighted by molar-refractivity contribution is -0.103. The SMILES string of the molecule is C=C(C=O)c1ccc(C)cc1.CC. The van der Waals surface area contributed by atoms with Gasteiger partial charge in [-0.25, -0.2) is 0 Å². The van der Waals surface area contributed by atoms with Gasteiger partial charge in [-0.3, -0.25) is 4.79 Å². The van der Waals surface area contributed by atoms with E-state index in [-0.39, 0.29) is 0 Å². The third kappa shape index (κ3) is 3.70. The second kappa shape index (κ2) is 6.18. The minimum atomic E-state index is 0.532. The average Bonchev–Trinajstić information content (AvgIpc) is 2.21. The van der Waals surface area contributed by atoms with Crippen molar-refractivity contribution in [2.45, 2.75) is 20.8 Å². The molecule has 70 valence electrons. The summed E-state index contributed by atoms with van der Waals surface area (Å²) >= 11 is 0. The highest BCUT2D eigenvalue weighted by molar-refractivity contribution is 6.05. The van der Waals surface area contributed by atoms with Crippen LogP contribution in [0.4, 0.5) is 0 Å². The lowest BCUT2D eigenvalue weighted by Gasteiger charge is -1.97. The Bertz CT molecular complexity index is 270. The predicted octanol–water partition coefficient (Wildman–Crippen LogP) is 3.23. The van der Waals surface area contributed by atoms with E-state index in [0.717, 1.165) is 11.8 Å². The molecule has 0 saturated carbocycles. The standard InChI is InChI=1S/C10H10O.C2H6/c1-8-3-5-10(6-4-8)9(2)7-11;1-2/h3-7H,2H2,1H3;1-2H3. The Kier molecular flexibility index (Phi) is 5.53. The van der Waals surface area contributed by atoms with Crippen LogP contribution in [0.15, 0.2) is 30.8 Å². The molecular weight excluding hydrogens is 160 g/mol. The number of carbonyl (C=O) groups excluding carboxylic acids is 1. The zero-order valence-electron chi connectivity index (χ0n) is 8.50. The van der Waals surface area contributed by atoms with Crippen molar-refractivity contribution < 1.29 is 4.79 Å². The van der Waals surface area contributed by atoms with E-state index in [2.05, 4.69) is 6.58 Å². The molecule has 1 aromatic carbocycles. The fourth-order valence-corrected chi connectivity index (χ4v) is 0.836. The van der Waals surface area contributed by atoms with Crippen LogP contribution in [-0.2, 0) is 4.79 Å². The van der Waals surface area contributed by atoms with Crippen molar-refractivity contribution in [3.05, 3.63) is 42.0 Å². The van der Waals surface area contributed by atoms with Gasteiger partial charge in [0.05, 0.1) is 0 Å². The number of rotatable bonds is 2. The van der Waals surface area contributed by atoms with Crippen molar-refractivity contribution in [2.24, 2.45) is 0 Å². The molecule has 0 N–H and O–H groups in total. The lowest BCUT2D eigenvalue weighted by atomic mass is 10.1. The van der Waals surface area contributed by atoms with Crippen molar-refractivity contribution in [1.82, 2.24) is 0 Å². The highest BCUT2D eigenvalue weighted by Gasteiger charge is 1.94. The summed E-state index contributed by atoms with van der Waals surface area (Å²) in [5, 5.41) is 0. The van der Waals surface area contributed by atoms with Crippen LogP contribution < -0.4 is 0 Å². The average molecular weight is 176 g/mol. The van der Waals surface area contributed by atoms with Gasteiger partial charge in [-0.05, 0) is 12.5 Å². The third-order valence-electron chi connectivity index (χ3n) is 1.56. The van der Waals surface area contributed by atoms with Crippen LogP contribution in [0, 0.1) is 6.92 Å². The molecule has 1 aromatic rings. The van der Waals surface area contributed by atoms with Crippen molar-refractivity contribution >= 4 is 11.9 Å². The van der Waals surface area contributed by atoms with E-state index >= 15 is 0 Å². The Morgan fingerprint density at radius 3 is 2.08 bits per heavy atom. The maximum Gasteiger partial charge on any atom is 0.150 e. The monoisotopic (exact) mass is 176 g/mol. The summed E-state index contributed by atoms with van der Waals surface area (Å²) in [6, 6.07) is 7.71. The summed E-state index contributed by atoms with van der Waals surface area (Å²) < 4.78 is 0. The van der Waals surface area contributed by atoms with E-state index in [1.54, 1.807) is 0 Å². The predicted molar refractivity (Wildman–Crippen MR) is 57.6 cm³/mol. The molecule has 1 nitrogen and oxygen atoms in total. The summed E-state index contributed by atoms with van der Waals surface area (Å²) in [4.78, 5) is 10.3. The Morgan fingerprint density at radius 1 is 1.23 bits per heavy atom. The second-order valence-electron chi connectivity index (χ2n) is 2.51. The maximum absolute atomic E-state index is 10.3. The summed E-state index contributed by atoms with van der Waals surface area (Å²) in [6.45, 7) is 9.61. The first-order valence-corrected chi connectivity index (χ1v) is 4.45. The van der Waals surface area contributed by atoms with Crippen molar-refractivity contribution in [1.29, 1.82) is 0 Å². The van der Waals surface area contributed by atoms with E-state index < -0.39 is 0 Å². The minimum Gasteiger partial charge on any atom is -0.298 e. The fourth-order valence-electron chi connectivity index (χ4n) is 0.836. The van der Waals surface area contributed by atoms with Gasteiger partial charge in [-0.2, -0.15) is 0 Å². The quantitative estimate of drug-likeness (QED) is 0.499. The minimum absolute atomic E-state index is 0.532. The van der Waals surface area contributed by atoms with Gasteiger partial charge in [0.25, 0.3) is 0 Å². The van der Waals surface area contributed by atoms with E-state index in [0.29, 0.717) is 5.57 Å². The van der Waals surface area contributed by atoms with Crippen LogP contribution >= 0.6 is 0 Å². The molecule has 1 rings (SSSR count). The zero-order valence-corrected chi connectivity index (χ0v) is 8.50. The number of allylic oxidation sites excluding steroid dienone is 1. The summed E-state index contributed by atoms with van der Waals surface area (Å²) in [5.41, 5.74) is 2.61. The third-order valence-corrected chi connectivity index (χ3v) is 1.56. The second-order valence-corrected chi connectivity index (χ2v) is 2.51. The highest BCUT2D eigenvalue weighted by atomic mass is 16.1. The smallest absolute Gasteiger partial charge is 0.150 e. The van der Waals surface area contributed by atoms with Crippen LogP contribution in [0.25, 0.3) is 5.57 Å². The molecule has 0 heterocycles. The van der Waals surface area contributed by atoms with Gasteiger partial charge in [-0.1, -0.05) is 50.3 Å². The molecule has 0 fully saturated rings. The molecule has 0 bridgehead atoms. The topological polar surface area (TPSA) is 17.1 Å². The largest absolute Gasteiger partial charge is 0.298 e. The van der Waals surface area contributed by atoms with E-state index in [4.69, 9.17) is 0 Å². The molecular formula is C12H16O. The molecule has 0 amide bonds. The molecule has 0 aliphatic heterocycles. The number of hydrogen-bond donors (Lipinski definition) is 0. The van der Waals surface area contributed by atoms with Crippen molar-refractivity contribution in [2.75, 3.05) is 0 Å². The molecule has 0 saturated heterocycles. The molecule has 0 radical (unpaired) electrons. The van der Waals surface area contributed by atoms with E-state index in [1.165, 1.54) is 5.56 Å². The Hall–Kier alpha value is -1.37. The van der Waals surface area contributed by atoms with Gasteiger partial charge >= 0.3 is 0 Å². The molecule has 0 aliphatic carbocycles. The lowest BCUT2D eigenvalue weighted by Crippen LogP contribution is -1.82. The van der Waals surface area contributed by atoms with Crippen molar-refractivity contribution in [3.63, 3.8) is 0 Å². The van der Waals surface area contributed by atoms with Crippen molar-refractivity contribution in [3.8, 4) is 0 Å². The zero-order chi connectivity index (χ0) is 10.3. The number of aldehydes is 1. The van der Waals surface area contributed by atoms with Gasteiger partial charge < -0.3 is 0 Å². The number of aryl methyl sites for hydroxylation is 1. The van der Waals surface area contributed by atoms with Crippen LogP contribution in [-0.4, -0.2) is 6.29 Å². The number of benzene rings is 1. The molecule has 0 unspecified atom stereocenters. The Morgan fingerprint density at radius 2 is 1.69 bits per heavy atom. The summed E-state index contributed by atoms with van der Waals surface area (Å²) in [6.07, 6.45) is 0.769. The van der Waals surface area contributed by atoms with Gasteiger partial charge in [0.2, 0.25) is 0 Å². The van der Waals surface area contributed by atoms with Crippen LogP contribution in [0.5, 0.6) is 0 Å². The normalized spacial score (nSPS) is 8.23. The van der Waals surface area contributed by atoms with E-state index in [9.17, 15) is 4.79 Å². The molecule has 0 aromatic heterocycles. The first kappa shape index (κ1) is 11.6. The first-order valence-electron chi connectivity index (χ1n) is 4.45. The molecule has 0 aliphatic rings. The summed E-state index contributed by atoms with van der Waals surface area (Å²) in [5.74, 6) is 0. The molecule has 1 heteroatoms. The van der Waals surface area contributed by atoms with Gasteiger partial charge in [-0.15, -0.1) is 0 Å².